The zero-order chi connectivity index (χ0) is 14.2. The van der Waals surface area contributed by atoms with Crippen LogP contribution in [0.3, 0.4) is 0 Å². The van der Waals surface area contributed by atoms with Crippen LogP contribution < -0.4 is 5.32 Å². The summed E-state index contributed by atoms with van der Waals surface area (Å²) in [6, 6.07) is 9.95. The normalized spacial score (nSPS) is 19.1. The minimum atomic E-state index is 0.113. The van der Waals surface area contributed by atoms with E-state index in [9.17, 15) is 4.79 Å². The number of carbonyl (C=O) groups excluding carboxylic acids is 1. The van der Waals surface area contributed by atoms with Crippen LogP contribution in [0.4, 0.5) is 0 Å². The first-order valence-electron chi connectivity index (χ1n) is 7.33. The van der Waals surface area contributed by atoms with Crippen molar-refractivity contribution in [2.45, 2.75) is 19.4 Å². The molecule has 1 aromatic rings. The van der Waals surface area contributed by atoms with E-state index in [0.29, 0.717) is 12.5 Å². The fourth-order valence-electron chi connectivity index (χ4n) is 2.67. The molecule has 1 N–H and O–H groups in total. The van der Waals surface area contributed by atoms with Crippen molar-refractivity contribution in [3.63, 3.8) is 0 Å². The molecule has 4 nitrogen and oxygen atoms in total. The van der Waals surface area contributed by atoms with E-state index in [-0.39, 0.29) is 12.5 Å². The molecule has 0 aliphatic carbocycles. The summed E-state index contributed by atoms with van der Waals surface area (Å²) in [7, 11) is 1.96. The second kappa shape index (κ2) is 8.02. The molecule has 1 aliphatic heterocycles. The molecule has 0 bridgehead atoms. The van der Waals surface area contributed by atoms with Gasteiger partial charge in [-0.05, 0) is 37.9 Å². The maximum atomic E-state index is 12.1. The standard InChI is InChI=1S/C16H24N2O2/c1-17-10-15-8-5-9-18(11-15)16(19)13-20-12-14-6-3-2-4-7-14/h2-4,6-7,15,17H,5,8-13H2,1H3. The molecule has 1 amide bonds. The molecule has 1 unspecified atom stereocenters. The van der Waals surface area contributed by atoms with Crippen molar-refractivity contribution in [2.75, 3.05) is 33.3 Å². The van der Waals surface area contributed by atoms with Crippen LogP contribution in [0.15, 0.2) is 30.3 Å². The van der Waals surface area contributed by atoms with Gasteiger partial charge < -0.3 is 15.0 Å². The van der Waals surface area contributed by atoms with Gasteiger partial charge in [0.2, 0.25) is 5.91 Å². The minimum Gasteiger partial charge on any atom is -0.367 e. The molecule has 0 radical (unpaired) electrons. The third-order valence-electron chi connectivity index (χ3n) is 3.70. The number of nitrogens with one attached hydrogen (secondary N) is 1. The highest BCUT2D eigenvalue weighted by molar-refractivity contribution is 5.77. The molecule has 1 fully saturated rings. The van der Waals surface area contributed by atoms with E-state index in [4.69, 9.17) is 4.74 Å². The van der Waals surface area contributed by atoms with Gasteiger partial charge in [0.1, 0.15) is 6.61 Å². The van der Waals surface area contributed by atoms with Crippen molar-refractivity contribution in [1.82, 2.24) is 10.2 Å². The number of ether oxygens (including phenoxy) is 1. The molecule has 0 saturated carbocycles. The summed E-state index contributed by atoms with van der Waals surface area (Å²) in [5.74, 6) is 0.688. The van der Waals surface area contributed by atoms with E-state index in [1.807, 2.05) is 42.3 Å². The largest absolute Gasteiger partial charge is 0.367 e. The summed E-state index contributed by atoms with van der Waals surface area (Å²) >= 11 is 0. The van der Waals surface area contributed by atoms with Gasteiger partial charge in [0.15, 0.2) is 0 Å². The molecule has 0 spiro atoms. The predicted molar refractivity (Wildman–Crippen MR) is 79.3 cm³/mol. The fraction of sp³-hybridized carbons (Fsp3) is 0.562. The molecule has 1 aromatic carbocycles. The van der Waals surface area contributed by atoms with Gasteiger partial charge in [0, 0.05) is 13.1 Å². The molecule has 20 heavy (non-hydrogen) atoms. The number of piperidine rings is 1. The quantitative estimate of drug-likeness (QED) is 0.859. The Hall–Kier alpha value is -1.39. The molecular formula is C16H24N2O2. The van der Waals surface area contributed by atoms with E-state index in [0.717, 1.165) is 31.6 Å². The molecule has 0 aromatic heterocycles. The SMILES string of the molecule is CNCC1CCCN(C(=O)COCc2ccccc2)C1. The monoisotopic (exact) mass is 276 g/mol. The summed E-state index contributed by atoms with van der Waals surface area (Å²) < 4.78 is 5.52. The van der Waals surface area contributed by atoms with Crippen molar-refractivity contribution in [2.24, 2.45) is 5.92 Å². The van der Waals surface area contributed by atoms with Crippen molar-refractivity contribution >= 4 is 5.91 Å². The van der Waals surface area contributed by atoms with E-state index in [1.54, 1.807) is 0 Å². The Morgan fingerprint density at radius 2 is 2.20 bits per heavy atom. The number of carbonyl (C=O) groups is 1. The van der Waals surface area contributed by atoms with Crippen molar-refractivity contribution < 1.29 is 9.53 Å². The fourth-order valence-corrected chi connectivity index (χ4v) is 2.67. The van der Waals surface area contributed by atoms with E-state index >= 15 is 0 Å². The van der Waals surface area contributed by atoms with Crippen LogP contribution in [0, 0.1) is 5.92 Å². The van der Waals surface area contributed by atoms with Crippen LogP contribution in [0.25, 0.3) is 0 Å². The number of hydrogen-bond donors (Lipinski definition) is 1. The van der Waals surface area contributed by atoms with Crippen molar-refractivity contribution in [1.29, 1.82) is 0 Å². The Bertz CT molecular complexity index is 406. The first-order chi connectivity index (χ1) is 9.79. The van der Waals surface area contributed by atoms with E-state index < -0.39 is 0 Å². The summed E-state index contributed by atoms with van der Waals surface area (Å²) in [6.07, 6.45) is 2.30. The van der Waals surface area contributed by atoms with Gasteiger partial charge in [-0.25, -0.2) is 0 Å². The molecule has 2 rings (SSSR count). The minimum absolute atomic E-state index is 0.113. The summed E-state index contributed by atoms with van der Waals surface area (Å²) in [5.41, 5.74) is 1.10. The Labute approximate surface area is 121 Å². The van der Waals surface area contributed by atoms with Gasteiger partial charge in [0.05, 0.1) is 6.61 Å². The Morgan fingerprint density at radius 1 is 1.40 bits per heavy atom. The number of likely N-dealkylation sites (tertiary alicyclic amines) is 1. The molecular weight excluding hydrogens is 252 g/mol. The number of benzene rings is 1. The summed E-state index contributed by atoms with van der Waals surface area (Å²) in [4.78, 5) is 14.1. The molecule has 1 heterocycles. The predicted octanol–water partition coefficient (Wildman–Crippen LogP) is 1.66. The van der Waals surface area contributed by atoms with Crippen LogP contribution in [0.2, 0.25) is 0 Å². The average molecular weight is 276 g/mol. The van der Waals surface area contributed by atoms with Crippen LogP contribution >= 0.6 is 0 Å². The Morgan fingerprint density at radius 3 is 2.95 bits per heavy atom. The average Bonchev–Trinajstić information content (AvgIpc) is 2.49. The lowest BCUT2D eigenvalue weighted by molar-refractivity contribution is -0.138. The number of rotatable bonds is 6. The molecule has 110 valence electrons. The van der Waals surface area contributed by atoms with E-state index in [2.05, 4.69) is 5.32 Å². The van der Waals surface area contributed by atoms with Gasteiger partial charge in [-0.3, -0.25) is 4.79 Å². The maximum absolute atomic E-state index is 12.1. The zero-order valence-electron chi connectivity index (χ0n) is 12.2. The van der Waals surface area contributed by atoms with Crippen molar-refractivity contribution in [3.05, 3.63) is 35.9 Å². The lowest BCUT2D eigenvalue weighted by atomic mass is 9.98. The number of hydrogen-bond acceptors (Lipinski definition) is 3. The molecule has 1 saturated heterocycles. The van der Waals surface area contributed by atoms with Gasteiger partial charge in [-0.15, -0.1) is 0 Å². The topological polar surface area (TPSA) is 41.6 Å². The smallest absolute Gasteiger partial charge is 0.248 e. The molecule has 1 atom stereocenters. The first kappa shape index (κ1) is 15.0. The van der Waals surface area contributed by atoms with E-state index in [1.165, 1.54) is 6.42 Å². The van der Waals surface area contributed by atoms with Crippen LogP contribution in [-0.4, -0.2) is 44.1 Å². The van der Waals surface area contributed by atoms with Gasteiger partial charge in [-0.2, -0.15) is 0 Å². The van der Waals surface area contributed by atoms with Crippen LogP contribution in [-0.2, 0) is 16.1 Å². The Balaban J connectivity index is 1.71. The lowest BCUT2D eigenvalue weighted by Gasteiger charge is -2.32. The van der Waals surface area contributed by atoms with Gasteiger partial charge in [0.25, 0.3) is 0 Å². The van der Waals surface area contributed by atoms with Crippen LogP contribution in [0.5, 0.6) is 0 Å². The summed E-state index contributed by atoms with van der Waals surface area (Å²) in [5, 5.41) is 3.19. The Kier molecular flexibility index (Phi) is 6.02. The number of nitrogens with zero attached hydrogens (tertiary/aromatic N) is 1. The number of amides is 1. The molecule has 1 aliphatic rings. The van der Waals surface area contributed by atoms with Crippen molar-refractivity contribution in [3.8, 4) is 0 Å². The highest BCUT2D eigenvalue weighted by Crippen LogP contribution is 2.15. The highest BCUT2D eigenvalue weighted by Gasteiger charge is 2.22. The maximum Gasteiger partial charge on any atom is 0.248 e. The first-order valence-corrected chi connectivity index (χ1v) is 7.33. The van der Waals surface area contributed by atoms with Crippen LogP contribution in [0.1, 0.15) is 18.4 Å². The lowest BCUT2D eigenvalue weighted by Crippen LogP contribution is -2.43. The summed E-state index contributed by atoms with van der Waals surface area (Å²) in [6.45, 7) is 3.39. The third-order valence-corrected chi connectivity index (χ3v) is 3.70. The second-order valence-corrected chi connectivity index (χ2v) is 5.38. The molecule has 4 heteroatoms. The van der Waals surface area contributed by atoms with Gasteiger partial charge >= 0.3 is 0 Å². The zero-order valence-corrected chi connectivity index (χ0v) is 12.2. The van der Waals surface area contributed by atoms with Gasteiger partial charge in [-0.1, -0.05) is 30.3 Å². The third kappa shape index (κ3) is 4.62. The second-order valence-electron chi connectivity index (χ2n) is 5.38. The highest BCUT2D eigenvalue weighted by atomic mass is 16.5.